The van der Waals surface area contributed by atoms with Gasteiger partial charge in [-0.3, -0.25) is 9.59 Å². The molecule has 1 fully saturated rings. The fraction of sp³-hybridized carbons (Fsp3) is 0.261. The molecular weight excluding hydrogens is 383 g/mol. The standard InChI is InChI=1S/C23H23FN4O2/c1-17(29)19-7-8-22(21(24)14-19)26-9-11-27(12-10-26)23(30)13-18-15-25-28(16-18)20-5-3-2-4-6-20/h2-8,14-16H,9-13H2,1H3. The number of amides is 1. The van der Waals surface area contributed by atoms with Gasteiger partial charge in [-0.1, -0.05) is 18.2 Å². The van der Waals surface area contributed by atoms with E-state index >= 15 is 0 Å². The molecule has 0 spiro atoms. The number of aromatic nitrogens is 2. The zero-order valence-corrected chi connectivity index (χ0v) is 16.8. The summed E-state index contributed by atoms with van der Waals surface area (Å²) in [7, 11) is 0. The smallest absolute Gasteiger partial charge is 0.227 e. The largest absolute Gasteiger partial charge is 0.366 e. The summed E-state index contributed by atoms with van der Waals surface area (Å²) in [4.78, 5) is 27.8. The lowest BCUT2D eigenvalue weighted by Gasteiger charge is -2.36. The van der Waals surface area contributed by atoms with Crippen molar-refractivity contribution in [3.05, 3.63) is 77.9 Å². The number of para-hydroxylation sites is 1. The molecule has 0 unspecified atom stereocenters. The summed E-state index contributed by atoms with van der Waals surface area (Å²) in [6, 6.07) is 14.3. The van der Waals surface area contributed by atoms with Crippen molar-refractivity contribution in [3.8, 4) is 5.69 Å². The van der Waals surface area contributed by atoms with Crippen molar-refractivity contribution in [2.45, 2.75) is 13.3 Å². The molecule has 7 heteroatoms. The Labute approximate surface area is 174 Å². The van der Waals surface area contributed by atoms with Crippen LogP contribution in [0.3, 0.4) is 0 Å². The zero-order valence-electron chi connectivity index (χ0n) is 16.8. The number of anilines is 1. The van der Waals surface area contributed by atoms with Gasteiger partial charge in [-0.2, -0.15) is 5.10 Å². The molecule has 1 aliphatic heterocycles. The van der Waals surface area contributed by atoms with Crippen molar-refractivity contribution in [2.75, 3.05) is 31.1 Å². The number of carbonyl (C=O) groups is 2. The number of ketones is 1. The number of piperazine rings is 1. The van der Waals surface area contributed by atoms with Gasteiger partial charge in [0.25, 0.3) is 0 Å². The Morgan fingerprint density at radius 1 is 1.03 bits per heavy atom. The van der Waals surface area contributed by atoms with Crippen molar-refractivity contribution in [3.63, 3.8) is 0 Å². The predicted molar refractivity (Wildman–Crippen MR) is 112 cm³/mol. The maximum Gasteiger partial charge on any atom is 0.227 e. The van der Waals surface area contributed by atoms with Gasteiger partial charge in [0.15, 0.2) is 5.78 Å². The summed E-state index contributed by atoms with van der Waals surface area (Å²) in [6.45, 7) is 3.57. The molecule has 0 saturated carbocycles. The van der Waals surface area contributed by atoms with Gasteiger partial charge >= 0.3 is 0 Å². The summed E-state index contributed by atoms with van der Waals surface area (Å²) < 4.78 is 16.2. The Hall–Kier alpha value is -3.48. The Kier molecular flexibility index (Phi) is 5.61. The number of hydrogen-bond donors (Lipinski definition) is 0. The second-order valence-electron chi connectivity index (χ2n) is 7.40. The molecule has 1 saturated heterocycles. The Balaban J connectivity index is 1.35. The van der Waals surface area contributed by atoms with Crippen LogP contribution in [0.5, 0.6) is 0 Å². The van der Waals surface area contributed by atoms with E-state index in [0.29, 0.717) is 37.4 Å². The van der Waals surface area contributed by atoms with Gasteiger partial charge in [-0.15, -0.1) is 0 Å². The molecule has 4 rings (SSSR count). The van der Waals surface area contributed by atoms with Crippen molar-refractivity contribution < 1.29 is 14.0 Å². The summed E-state index contributed by atoms with van der Waals surface area (Å²) in [5, 5.41) is 4.34. The lowest BCUT2D eigenvalue weighted by molar-refractivity contribution is -0.130. The van der Waals surface area contributed by atoms with Gasteiger partial charge in [-0.25, -0.2) is 9.07 Å². The number of halogens is 1. The molecule has 1 aromatic heterocycles. The number of carbonyl (C=O) groups excluding carboxylic acids is 2. The molecule has 0 atom stereocenters. The predicted octanol–water partition coefficient (Wildman–Crippen LogP) is 3.11. The Bertz CT molecular complexity index is 1060. The van der Waals surface area contributed by atoms with E-state index in [4.69, 9.17) is 0 Å². The highest BCUT2D eigenvalue weighted by Gasteiger charge is 2.23. The average molecular weight is 406 g/mol. The summed E-state index contributed by atoms with van der Waals surface area (Å²) in [5.41, 5.74) is 2.64. The van der Waals surface area contributed by atoms with Crippen LogP contribution in [0, 0.1) is 5.82 Å². The molecule has 0 bridgehead atoms. The number of nitrogens with zero attached hydrogens (tertiary/aromatic N) is 4. The normalized spacial score (nSPS) is 14.1. The Morgan fingerprint density at radius 3 is 2.43 bits per heavy atom. The van der Waals surface area contributed by atoms with E-state index < -0.39 is 5.82 Å². The van der Waals surface area contributed by atoms with Gasteiger partial charge in [0.1, 0.15) is 5.82 Å². The molecule has 6 nitrogen and oxygen atoms in total. The van der Waals surface area contributed by atoms with Crippen LogP contribution in [0.4, 0.5) is 10.1 Å². The molecule has 30 heavy (non-hydrogen) atoms. The zero-order chi connectivity index (χ0) is 21.1. The van der Waals surface area contributed by atoms with Crippen LogP contribution in [0.25, 0.3) is 5.69 Å². The lowest BCUT2D eigenvalue weighted by atomic mass is 10.1. The van der Waals surface area contributed by atoms with Crippen LogP contribution in [-0.2, 0) is 11.2 Å². The Morgan fingerprint density at radius 2 is 1.77 bits per heavy atom. The van der Waals surface area contributed by atoms with Crippen LogP contribution in [-0.4, -0.2) is 52.5 Å². The fourth-order valence-electron chi connectivity index (χ4n) is 3.64. The van der Waals surface area contributed by atoms with Gasteiger partial charge in [0.2, 0.25) is 5.91 Å². The van der Waals surface area contributed by atoms with E-state index in [1.165, 1.54) is 13.0 Å². The van der Waals surface area contributed by atoms with Crippen LogP contribution in [0.2, 0.25) is 0 Å². The number of benzene rings is 2. The lowest BCUT2D eigenvalue weighted by Crippen LogP contribution is -2.49. The van der Waals surface area contributed by atoms with Gasteiger partial charge in [-0.05, 0) is 42.8 Å². The molecule has 0 N–H and O–H groups in total. The molecule has 0 radical (unpaired) electrons. The van der Waals surface area contributed by atoms with E-state index in [1.54, 1.807) is 27.9 Å². The fourth-order valence-corrected chi connectivity index (χ4v) is 3.64. The van der Waals surface area contributed by atoms with E-state index in [2.05, 4.69) is 5.10 Å². The van der Waals surface area contributed by atoms with Crippen molar-refractivity contribution in [2.24, 2.45) is 0 Å². The van der Waals surface area contributed by atoms with Crippen molar-refractivity contribution in [1.82, 2.24) is 14.7 Å². The maximum atomic E-state index is 14.4. The highest BCUT2D eigenvalue weighted by atomic mass is 19.1. The minimum Gasteiger partial charge on any atom is -0.366 e. The van der Waals surface area contributed by atoms with Crippen LogP contribution >= 0.6 is 0 Å². The average Bonchev–Trinajstić information content (AvgIpc) is 3.23. The number of hydrogen-bond acceptors (Lipinski definition) is 4. The van der Waals surface area contributed by atoms with Crippen LogP contribution in [0.15, 0.2) is 60.9 Å². The molecule has 1 amide bonds. The molecule has 154 valence electrons. The summed E-state index contributed by atoms with van der Waals surface area (Å²) >= 11 is 0. The SMILES string of the molecule is CC(=O)c1ccc(N2CCN(C(=O)Cc3cnn(-c4ccccc4)c3)CC2)c(F)c1. The van der Waals surface area contributed by atoms with E-state index in [0.717, 1.165) is 11.3 Å². The first-order chi connectivity index (χ1) is 14.5. The minimum atomic E-state index is -0.407. The maximum absolute atomic E-state index is 14.4. The highest BCUT2D eigenvalue weighted by Crippen LogP contribution is 2.22. The monoisotopic (exact) mass is 406 g/mol. The molecular formula is C23H23FN4O2. The number of rotatable bonds is 5. The van der Waals surface area contributed by atoms with Crippen molar-refractivity contribution >= 4 is 17.4 Å². The molecule has 1 aliphatic rings. The molecule has 2 heterocycles. The third kappa shape index (κ3) is 4.25. The number of Topliss-reactive ketones (excluding diaryl/α,β-unsaturated/α-hetero) is 1. The minimum absolute atomic E-state index is 0.0367. The second kappa shape index (κ2) is 8.49. The first kappa shape index (κ1) is 19.8. The first-order valence-corrected chi connectivity index (χ1v) is 9.93. The van der Waals surface area contributed by atoms with Crippen LogP contribution < -0.4 is 4.90 Å². The third-order valence-corrected chi connectivity index (χ3v) is 5.34. The molecule has 0 aliphatic carbocycles. The van der Waals surface area contributed by atoms with Gasteiger partial charge < -0.3 is 9.80 Å². The summed E-state index contributed by atoms with van der Waals surface area (Å²) in [6.07, 6.45) is 3.87. The second-order valence-corrected chi connectivity index (χ2v) is 7.40. The molecule has 2 aromatic carbocycles. The first-order valence-electron chi connectivity index (χ1n) is 9.93. The third-order valence-electron chi connectivity index (χ3n) is 5.34. The van der Waals surface area contributed by atoms with E-state index in [-0.39, 0.29) is 18.1 Å². The van der Waals surface area contributed by atoms with Gasteiger partial charge in [0.05, 0.1) is 24.0 Å². The quantitative estimate of drug-likeness (QED) is 0.611. The highest BCUT2D eigenvalue weighted by molar-refractivity contribution is 5.94. The molecule has 3 aromatic rings. The van der Waals surface area contributed by atoms with Gasteiger partial charge in [0, 0.05) is 37.9 Å². The summed E-state index contributed by atoms with van der Waals surface area (Å²) in [5.74, 6) is -0.531. The topological polar surface area (TPSA) is 58.4 Å². The van der Waals surface area contributed by atoms with E-state index in [9.17, 15) is 14.0 Å². The van der Waals surface area contributed by atoms with Crippen molar-refractivity contribution in [1.29, 1.82) is 0 Å². The van der Waals surface area contributed by atoms with E-state index in [1.807, 2.05) is 41.4 Å². The van der Waals surface area contributed by atoms with Crippen LogP contribution in [0.1, 0.15) is 22.8 Å².